The lowest BCUT2D eigenvalue weighted by atomic mass is 10.2. The molecule has 0 saturated carbocycles. The van der Waals surface area contributed by atoms with Gasteiger partial charge in [0.25, 0.3) is 0 Å². The predicted octanol–water partition coefficient (Wildman–Crippen LogP) is 1.23. The zero-order chi connectivity index (χ0) is 12.2. The predicted molar refractivity (Wildman–Crippen MR) is 55.3 cm³/mol. The fraction of sp³-hybridized carbons (Fsp3) is 0.818. The number of nitriles is 1. The highest BCUT2D eigenvalue weighted by molar-refractivity contribution is 5.74. The minimum absolute atomic E-state index is 0.0415. The summed E-state index contributed by atoms with van der Waals surface area (Å²) in [5.74, 6) is -1.74. The summed E-state index contributed by atoms with van der Waals surface area (Å²) in [6, 6.07) is 1.83. The lowest BCUT2D eigenvalue weighted by Crippen LogP contribution is -2.23. The van der Waals surface area contributed by atoms with Gasteiger partial charge in [0.1, 0.15) is 5.92 Å². The normalized spacial score (nSPS) is 24.8. The number of rotatable bonds is 4. The largest absolute Gasteiger partial charge is 0.465 e. The molecule has 1 aliphatic rings. The van der Waals surface area contributed by atoms with E-state index in [1.807, 2.05) is 19.9 Å². The van der Waals surface area contributed by atoms with Crippen LogP contribution in [0.4, 0.5) is 0 Å². The summed E-state index contributed by atoms with van der Waals surface area (Å²) in [7, 11) is 0. The molecule has 5 nitrogen and oxygen atoms in total. The zero-order valence-corrected chi connectivity index (χ0v) is 9.86. The van der Waals surface area contributed by atoms with Crippen LogP contribution in [0.5, 0.6) is 0 Å². The van der Waals surface area contributed by atoms with Crippen molar-refractivity contribution in [2.75, 3.05) is 13.2 Å². The number of hydrogen-bond acceptors (Lipinski definition) is 5. The Labute approximate surface area is 95.3 Å². The van der Waals surface area contributed by atoms with Crippen LogP contribution in [-0.2, 0) is 19.0 Å². The van der Waals surface area contributed by atoms with E-state index < -0.39 is 17.7 Å². The van der Waals surface area contributed by atoms with E-state index in [1.54, 1.807) is 0 Å². The molecule has 16 heavy (non-hydrogen) atoms. The van der Waals surface area contributed by atoms with Crippen LogP contribution in [0.1, 0.15) is 27.2 Å². The molecule has 0 radical (unpaired) electrons. The van der Waals surface area contributed by atoms with Crippen molar-refractivity contribution in [1.29, 1.82) is 5.26 Å². The van der Waals surface area contributed by atoms with E-state index in [2.05, 4.69) is 0 Å². The van der Waals surface area contributed by atoms with Gasteiger partial charge in [-0.25, -0.2) is 0 Å². The van der Waals surface area contributed by atoms with Crippen LogP contribution in [-0.4, -0.2) is 31.1 Å². The van der Waals surface area contributed by atoms with E-state index in [0.29, 0.717) is 13.0 Å². The summed E-state index contributed by atoms with van der Waals surface area (Å²) in [6.45, 7) is 5.97. The summed E-state index contributed by atoms with van der Waals surface area (Å²) in [5, 5.41) is 8.49. The number of nitrogens with zero attached hydrogens (tertiary/aromatic N) is 1. The molecular weight excluding hydrogens is 210 g/mol. The van der Waals surface area contributed by atoms with Crippen molar-refractivity contribution < 1.29 is 19.0 Å². The average molecular weight is 227 g/mol. The van der Waals surface area contributed by atoms with Gasteiger partial charge in [-0.1, -0.05) is 0 Å². The van der Waals surface area contributed by atoms with Crippen LogP contribution in [0.25, 0.3) is 0 Å². The molecule has 2 unspecified atom stereocenters. The molecular formula is C11H17NO4. The van der Waals surface area contributed by atoms with Gasteiger partial charge in [0, 0.05) is 6.42 Å². The van der Waals surface area contributed by atoms with Crippen molar-refractivity contribution in [1.82, 2.24) is 0 Å². The Morgan fingerprint density at radius 1 is 1.69 bits per heavy atom. The highest BCUT2D eigenvalue weighted by Gasteiger charge is 2.32. The number of hydrogen-bond donors (Lipinski definition) is 0. The summed E-state index contributed by atoms with van der Waals surface area (Å²) in [4.78, 5) is 11.2. The maximum Gasteiger partial charge on any atom is 0.323 e. The number of ether oxygens (including phenoxy) is 3. The van der Waals surface area contributed by atoms with Gasteiger partial charge in [0.2, 0.25) is 0 Å². The standard InChI is InChI=1S/C11H17NO4/c1-8(6-12)10(13)14-5-4-9-7-15-11(2,3)16-9/h8-9H,4-5,7H2,1-3H3. The molecule has 1 heterocycles. The second-order valence-corrected chi connectivity index (χ2v) is 4.26. The molecule has 0 aromatic rings. The van der Waals surface area contributed by atoms with Gasteiger partial charge in [-0.2, -0.15) is 5.26 Å². The summed E-state index contributed by atoms with van der Waals surface area (Å²) in [6.07, 6.45) is 0.549. The van der Waals surface area contributed by atoms with Crippen LogP contribution in [0.3, 0.4) is 0 Å². The summed E-state index contributed by atoms with van der Waals surface area (Å²) in [5.41, 5.74) is 0. The first-order chi connectivity index (χ1) is 7.44. The van der Waals surface area contributed by atoms with Gasteiger partial charge in [-0.15, -0.1) is 0 Å². The van der Waals surface area contributed by atoms with Gasteiger partial charge in [-0.3, -0.25) is 4.79 Å². The molecule has 1 saturated heterocycles. The minimum Gasteiger partial charge on any atom is -0.465 e. The molecule has 0 aromatic carbocycles. The van der Waals surface area contributed by atoms with E-state index in [9.17, 15) is 4.79 Å². The van der Waals surface area contributed by atoms with Crippen molar-refractivity contribution in [2.24, 2.45) is 5.92 Å². The van der Waals surface area contributed by atoms with E-state index in [1.165, 1.54) is 6.92 Å². The van der Waals surface area contributed by atoms with Gasteiger partial charge >= 0.3 is 5.97 Å². The van der Waals surface area contributed by atoms with Crippen molar-refractivity contribution in [3.05, 3.63) is 0 Å². The molecule has 0 N–H and O–H groups in total. The monoisotopic (exact) mass is 227 g/mol. The smallest absolute Gasteiger partial charge is 0.323 e. The topological polar surface area (TPSA) is 68.6 Å². The Morgan fingerprint density at radius 2 is 2.38 bits per heavy atom. The third-order valence-electron chi connectivity index (χ3n) is 2.30. The first-order valence-corrected chi connectivity index (χ1v) is 5.32. The van der Waals surface area contributed by atoms with E-state index in [-0.39, 0.29) is 12.7 Å². The number of carbonyl (C=O) groups excluding carboxylic acids is 1. The SMILES string of the molecule is CC(C#N)C(=O)OCCC1COC(C)(C)O1. The molecule has 0 amide bonds. The van der Waals surface area contributed by atoms with Crippen molar-refractivity contribution in [3.63, 3.8) is 0 Å². The van der Waals surface area contributed by atoms with Crippen LogP contribution < -0.4 is 0 Å². The maximum atomic E-state index is 11.2. The van der Waals surface area contributed by atoms with Gasteiger partial charge in [0.15, 0.2) is 5.79 Å². The molecule has 0 spiro atoms. The van der Waals surface area contributed by atoms with Crippen LogP contribution in [0.15, 0.2) is 0 Å². The second-order valence-electron chi connectivity index (χ2n) is 4.26. The van der Waals surface area contributed by atoms with Gasteiger partial charge in [0.05, 0.1) is 25.4 Å². The Morgan fingerprint density at radius 3 is 2.88 bits per heavy atom. The molecule has 1 rings (SSSR count). The minimum atomic E-state index is -0.711. The van der Waals surface area contributed by atoms with Crippen molar-refractivity contribution in [2.45, 2.75) is 39.1 Å². The first kappa shape index (κ1) is 12.9. The Hall–Kier alpha value is -1.12. The molecule has 0 bridgehead atoms. The maximum absolute atomic E-state index is 11.2. The average Bonchev–Trinajstić information content (AvgIpc) is 2.57. The van der Waals surface area contributed by atoms with Gasteiger partial charge < -0.3 is 14.2 Å². The Kier molecular flexibility index (Phi) is 4.27. The van der Waals surface area contributed by atoms with Gasteiger partial charge in [-0.05, 0) is 20.8 Å². The van der Waals surface area contributed by atoms with Crippen LogP contribution >= 0.6 is 0 Å². The molecule has 90 valence electrons. The molecule has 0 aromatic heterocycles. The second kappa shape index (κ2) is 5.28. The van der Waals surface area contributed by atoms with E-state index in [0.717, 1.165) is 0 Å². The lowest BCUT2D eigenvalue weighted by Gasteiger charge is -2.17. The Bertz CT molecular complexity index is 295. The van der Waals surface area contributed by atoms with Crippen LogP contribution in [0, 0.1) is 17.2 Å². The Balaban J connectivity index is 2.18. The zero-order valence-electron chi connectivity index (χ0n) is 9.86. The summed E-state index contributed by atoms with van der Waals surface area (Å²) < 4.78 is 15.8. The third kappa shape index (κ3) is 3.80. The number of esters is 1. The van der Waals surface area contributed by atoms with E-state index >= 15 is 0 Å². The molecule has 2 atom stereocenters. The highest BCUT2D eigenvalue weighted by Crippen LogP contribution is 2.23. The molecule has 1 aliphatic heterocycles. The molecule has 5 heteroatoms. The van der Waals surface area contributed by atoms with E-state index in [4.69, 9.17) is 19.5 Å². The fourth-order valence-electron chi connectivity index (χ4n) is 1.37. The van der Waals surface area contributed by atoms with Crippen molar-refractivity contribution >= 4 is 5.97 Å². The quantitative estimate of drug-likeness (QED) is 0.676. The number of carbonyl (C=O) groups is 1. The highest BCUT2D eigenvalue weighted by atomic mass is 16.7. The molecule has 1 fully saturated rings. The third-order valence-corrected chi connectivity index (χ3v) is 2.30. The fourth-order valence-corrected chi connectivity index (χ4v) is 1.37. The van der Waals surface area contributed by atoms with Crippen molar-refractivity contribution in [3.8, 4) is 6.07 Å². The summed E-state index contributed by atoms with van der Waals surface area (Å²) >= 11 is 0. The first-order valence-electron chi connectivity index (χ1n) is 5.32. The molecule has 0 aliphatic carbocycles. The van der Waals surface area contributed by atoms with Crippen LogP contribution in [0.2, 0.25) is 0 Å². The lowest BCUT2D eigenvalue weighted by molar-refractivity contribution is -0.149.